The van der Waals surface area contributed by atoms with Gasteiger partial charge in [0.15, 0.2) is 0 Å². The van der Waals surface area contributed by atoms with Crippen molar-refractivity contribution in [3.8, 4) is 0 Å². The number of hydrogen-bond donors (Lipinski definition) is 6. The van der Waals surface area contributed by atoms with Crippen LogP contribution in [-0.4, -0.2) is 55.9 Å². The number of aliphatic hydroxyl groups is 2. The summed E-state index contributed by atoms with van der Waals surface area (Å²) in [6.07, 6.45) is 2.76. The summed E-state index contributed by atoms with van der Waals surface area (Å²) in [6, 6.07) is -0.255. The van der Waals surface area contributed by atoms with E-state index in [9.17, 15) is 9.90 Å². The number of nitrogens with zero attached hydrogens (tertiary/aromatic N) is 1. The zero-order valence-corrected chi connectivity index (χ0v) is 12.4. The Labute approximate surface area is 125 Å². The highest BCUT2D eigenvalue weighted by molar-refractivity contribution is 7.98. The second-order valence-electron chi connectivity index (χ2n) is 4.68. The first-order valence-electron chi connectivity index (χ1n) is 6.43. The molecule has 116 valence electrons. The summed E-state index contributed by atoms with van der Waals surface area (Å²) in [4.78, 5) is 21.1. The fourth-order valence-corrected chi connectivity index (χ4v) is 2.77. The molecule has 2 rings (SSSR count). The fourth-order valence-electron chi connectivity index (χ4n) is 2.07. The number of nitrogens with two attached hydrogens (primary N) is 1. The Morgan fingerprint density at radius 3 is 3.00 bits per heavy atom. The maximum Gasteiger partial charge on any atom is 0.276 e. The van der Waals surface area contributed by atoms with Gasteiger partial charge in [-0.05, 0) is 6.26 Å². The largest absolute Gasteiger partial charge is 0.394 e. The van der Waals surface area contributed by atoms with Crippen molar-refractivity contribution in [2.24, 2.45) is 0 Å². The van der Waals surface area contributed by atoms with Crippen LogP contribution in [0.1, 0.15) is 5.56 Å². The second-order valence-corrected chi connectivity index (χ2v) is 5.59. The molecule has 0 aromatic carbocycles. The molecule has 7 N–H and O–H groups in total. The average molecular weight is 313 g/mol. The van der Waals surface area contributed by atoms with E-state index >= 15 is 0 Å². The van der Waals surface area contributed by atoms with Crippen LogP contribution in [-0.2, 0) is 6.54 Å². The van der Waals surface area contributed by atoms with Crippen LogP contribution in [0.15, 0.2) is 11.0 Å². The lowest BCUT2D eigenvalue weighted by molar-refractivity contribution is 0.0689. The molecule has 0 saturated carbocycles. The summed E-state index contributed by atoms with van der Waals surface area (Å²) >= 11 is 1.57. The molecule has 0 bridgehead atoms. The highest BCUT2D eigenvalue weighted by Gasteiger charge is 2.18. The number of nitrogens with one attached hydrogen (secondary N) is 3. The number of thioether (sulfide) groups is 1. The van der Waals surface area contributed by atoms with Crippen molar-refractivity contribution in [2.45, 2.75) is 18.7 Å². The zero-order valence-electron chi connectivity index (χ0n) is 11.6. The molecule has 0 radical (unpaired) electrons. The van der Waals surface area contributed by atoms with Gasteiger partial charge in [-0.1, -0.05) is 0 Å². The van der Waals surface area contributed by atoms with Crippen LogP contribution in [0.4, 0.5) is 5.95 Å². The molecule has 0 aliphatic carbocycles. The van der Waals surface area contributed by atoms with Crippen molar-refractivity contribution in [2.75, 3.05) is 24.3 Å². The van der Waals surface area contributed by atoms with E-state index in [1.54, 1.807) is 18.0 Å². The van der Waals surface area contributed by atoms with E-state index < -0.39 is 6.10 Å². The summed E-state index contributed by atoms with van der Waals surface area (Å²) in [5, 5.41) is 22.0. The van der Waals surface area contributed by atoms with Gasteiger partial charge in [0.05, 0.1) is 12.7 Å². The molecule has 0 saturated heterocycles. The maximum absolute atomic E-state index is 11.7. The van der Waals surface area contributed by atoms with E-state index in [2.05, 4.69) is 20.3 Å². The van der Waals surface area contributed by atoms with Gasteiger partial charge in [-0.2, -0.15) is 11.8 Å². The summed E-state index contributed by atoms with van der Waals surface area (Å²) in [7, 11) is 0. The van der Waals surface area contributed by atoms with Crippen molar-refractivity contribution in [1.29, 1.82) is 0 Å². The SMILES string of the molecule is CSC[C@H](NCc1c[nH]c2c(=O)[nH]c(N)nc12)[C@H](O)CO. The molecule has 9 heteroatoms. The molecule has 0 fully saturated rings. The van der Waals surface area contributed by atoms with Gasteiger partial charge in [-0.3, -0.25) is 9.78 Å². The predicted octanol–water partition coefficient (Wildman–Crippen LogP) is -0.992. The standard InChI is InChI=1S/C12H19N5O3S/c1-21-5-7(8(19)4-18)14-2-6-3-15-10-9(6)16-12(13)17-11(10)20/h3,7-8,14-15,18-19H,2,4-5H2,1H3,(H3,13,16,17,20)/t7-,8+/m0/s1. The predicted molar refractivity (Wildman–Crippen MR) is 83.2 cm³/mol. The summed E-state index contributed by atoms with van der Waals surface area (Å²) in [5.41, 5.74) is 6.88. The second kappa shape index (κ2) is 6.94. The molecule has 2 heterocycles. The average Bonchev–Trinajstić information content (AvgIpc) is 2.86. The van der Waals surface area contributed by atoms with Crippen molar-refractivity contribution in [3.05, 3.63) is 22.1 Å². The highest BCUT2D eigenvalue weighted by atomic mass is 32.2. The van der Waals surface area contributed by atoms with Gasteiger partial charge in [-0.25, -0.2) is 4.98 Å². The number of anilines is 1. The third-order valence-corrected chi connectivity index (χ3v) is 3.88. The lowest BCUT2D eigenvalue weighted by Gasteiger charge is -2.21. The lowest BCUT2D eigenvalue weighted by Crippen LogP contribution is -2.43. The minimum atomic E-state index is -0.843. The zero-order chi connectivity index (χ0) is 15.4. The van der Waals surface area contributed by atoms with Gasteiger partial charge in [0.2, 0.25) is 5.95 Å². The smallest absolute Gasteiger partial charge is 0.276 e. The Morgan fingerprint density at radius 1 is 1.57 bits per heavy atom. The number of aromatic nitrogens is 3. The number of fused-ring (bicyclic) bond motifs is 1. The summed E-state index contributed by atoms with van der Waals surface area (Å²) in [5.74, 6) is 0.713. The fraction of sp³-hybridized carbons (Fsp3) is 0.500. The molecule has 2 aromatic heterocycles. The third kappa shape index (κ3) is 3.56. The van der Waals surface area contributed by atoms with Crippen LogP contribution >= 0.6 is 11.8 Å². The normalized spacial score (nSPS) is 14.4. The van der Waals surface area contributed by atoms with E-state index in [4.69, 9.17) is 10.8 Å². The van der Waals surface area contributed by atoms with Gasteiger partial charge in [0.1, 0.15) is 11.0 Å². The first-order chi connectivity index (χ1) is 10.1. The number of rotatable bonds is 7. The van der Waals surface area contributed by atoms with Gasteiger partial charge in [-0.15, -0.1) is 0 Å². The number of aliphatic hydroxyl groups excluding tert-OH is 2. The first-order valence-corrected chi connectivity index (χ1v) is 7.83. The third-order valence-electron chi connectivity index (χ3n) is 3.19. The van der Waals surface area contributed by atoms with Crippen LogP contribution in [0.25, 0.3) is 11.0 Å². The number of hydrogen-bond acceptors (Lipinski definition) is 7. The van der Waals surface area contributed by atoms with Crippen molar-refractivity contribution < 1.29 is 10.2 Å². The Bertz CT molecular complexity index is 656. The Balaban J connectivity index is 2.18. The molecule has 21 heavy (non-hydrogen) atoms. The monoisotopic (exact) mass is 313 g/mol. The van der Waals surface area contributed by atoms with E-state index in [1.165, 1.54) is 0 Å². The van der Waals surface area contributed by atoms with Crippen molar-refractivity contribution >= 4 is 28.7 Å². The topological polar surface area (TPSA) is 140 Å². The molecular formula is C12H19N5O3S. The van der Waals surface area contributed by atoms with Crippen LogP contribution < -0.4 is 16.6 Å². The molecule has 8 nitrogen and oxygen atoms in total. The molecular weight excluding hydrogens is 294 g/mol. The van der Waals surface area contributed by atoms with Crippen LogP contribution in [0, 0.1) is 0 Å². The van der Waals surface area contributed by atoms with Crippen LogP contribution in [0.5, 0.6) is 0 Å². The van der Waals surface area contributed by atoms with E-state index in [0.717, 1.165) is 5.56 Å². The van der Waals surface area contributed by atoms with Crippen LogP contribution in [0.2, 0.25) is 0 Å². The number of aromatic amines is 2. The summed E-state index contributed by atoms with van der Waals surface area (Å²) < 4.78 is 0. The molecule has 0 spiro atoms. The Hall–Kier alpha value is -1.55. The summed E-state index contributed by atoms with van der Waals surface area (Å²) in [6.45, 7) is 0.0924. The maximum atomic E-state index is 11.7. The van der Waals surface area contributed by atoms with Gasteiger partial charge in [0, 0.05) is 30.1 Å². The quantitative estimate of drug-likeness (QED) is 0.385. The number of nitrogen functional groups attached to an aromatic ring is 1. The molecule has 2 aromatic rings. The van der Waals surface area contributed by atoms with E-state index in [-0.39, 0.29) is 24.2 Å². The lowest BCUT2D eigenvalue weighted by atomic mass is 10.2. The van der Waals surface area contributed by atoms with Crippen molar-refractivity contribution in [1.82, 2.24) is 20.3 Å². The van der Waals surface area contributed by atoms with Gasteiger partial charge >= 0.3 is 0 Å². The first kappa shape index (κ1) is 15.8. The minimum absolute atomic E-state index is 0.0596. The van der Waals surface area contributed by atoms with Gasteiger partial charge in [0.25, 0.3) is 5.56 Å². The molecule has 0 aliphatic rings. The molecule has 2 atom stereocenters. The molecule has 0 amide bonds. The van der Waals surface area contributed by atoms with Gasteiger partial charge < -0.3 is 26.2 Å². The Kier molecular flexibility index (Phi) is 5.23. The van der Waals surface area contributed by atoms with Crippen LogP contribution in [0.3, 0.4) is 0 Å². The van der Waals surface area contributed by atoms with E-state index in [1.807, 2.05) is 6.26 Å². The minimum Gasteiger partial charge on any atom is -0.394 e. The van der Waals surface area contributed by atoms with E-state index in [0.29, 0.717) is 23.3 Å². The molecule has 0 aliphatic heterocycles. The molecule has 0 unspecified atom stereocenters. The highest BCUT2D eigenvalue weighted by Crippen LogP contribution is 2.13. The Morgan fingerprint density at radius 2 is 2.33 bits per heavy atom. The van der Waals surface area contributed by atoms with Crippen molar-refractivity contribution in [3.63, 3.8) is 0 Å². The number of H-pyrrole nitrogens is 2.